The van der Waals surface area contributed by atoms with Crippen molar-refractivity contribution >= 4 is 9.84 Å². The van der Waals surface area contributed by atoms with E-state index in [2.05, 4.69) is 19.2 Å². The van der Waals surface area contributed by atoms with Crippen LogP contribution in [0.5, 0.6) is 0 Å². The van der Waals surface area contributed by atoms with Crippen LogP contribution in [0, 0.1) is 5.92 Å². The Morgan fingerprint density at radius 2 is 2.07 bits per heavy atom. The van der Waals surface area contributed by atoms with Gasteiger partial charge in [0.05, 0.1) is 5.75 Å². The molecule has 1 fully saturated rings. The summed E-state index contributed by atoms with van der Waals surface area (Å²) < 4.78 is 22.3. The fourth-order valence-electron chi connectivity index (χ4n) is 2.19. The van der Waals surface area contributed by atoms with Gasteiger partial charge in [0.1, 0.15) is 9.84 Å². The van der Waals surface area contributed by atoms with Gasteiger partial charge in [0.25, 0.3) is 0 Å². The van der Waals surface area contributed by atoms with Crippen molar-refractivity contribution in [2.75, 3.05) is 18.6 Å². The Labute approximate surface area is 87.2 Å². The van der Waals surface area contributed by atoms with Crippen molar-refractivity contribution in [2.24, 2.45) is 5.92 Å². The molecule has 14 heavy (non-hydrogen) atoms. The lowest BCUT2D eigenvalue weighted by atomic mass is 9.83. The number of hydrogen-bond donors (Lipinski definition) is 1. The molecule has 3 nitrogen and oxygen atoms in total. The van der Waals surface area contributed by atoms with Crippen molar-refractivity contribution in [3.63, 3.8) is 0 Å². The van der Waals surface area contributed by atoms with Crippen LogP contribution < -0.4 is 5.32 Å². The minimum absolute atomic E-state index is 0.0725. The summed E-state index contributed by atoms with van der Waals surface area (Å²) in [4.78, 5) is 0. The van der Waals surface area contributed by atoms with Gasteiger partial charge in [-0.3, -0.25) is 0 Å². The predicted octanol–water partition coefficient (Wildman–Crippen LogP) is 1.20. The Morgan fingerprint density at radius 1 is 1.43 bits per heavy atom. The molecule has 0 aliphatic carbocycles. The Morgan fingerprint density at radius 3 is 2.43 bits per heavy atom. The molecule has 1 unspecified atom stereocenters. The lowest BCUT2D eigenvalue weighted by Crippen LogP contribution is -2.46. The highest BCUT2D eigenvalue weighted by Crippen LogP contribution is 2.31. The van der Waals surface area contributed by atoms with E-state index in [0.717, 1.165) is 19.4 Å². The Hall–Kier alpha value is -0.0900. The van der Waals surface area contributed by atoms with Crippen LogP contribution in [0.15, 0.2) is 0 Å². The maximum Gasteiger partial charge on any atom is 0.147 e. The van der Waals surface area contributed by atoms with Gasteiger partial charge in [0.2, 0.25) is 0 Å². The third-order valence-corrected chi connectivity index (χ3v) is 4.25. The van der Waals surface area contributed by atoms with Crippen LogP contribution in [0.25, 0.3) is 0 Å². The zero-order valence-electron chi connectivity index (χ0n) is 9.34. The standard InChI is InChI=1S/C10H21NO2S/c1-9(2)10(5-4-7-11-10)6-8-14(3,12)13/h9,11H,4-8H2,1-3H3. The number of rotatable bonds is 4. The van der Waals surface area contributed by atoms with Crippen molar-refractivity contribution < 1.29 is 8.42 Å². The largest absolute Gasteiger partial charge is 0.311 e. The molecule has 1 rings (SSSR count). The second-order valence-electron chi connectivity index (χ2n) is 4.72. The van der Waals surface area contributed by atoms with E-state index < -0.39 is 9.84 Å². The van der Waals surface area contributed by atoms with E-state index >= 15 is 0 Å². The molecule has 4 heteroatoms. The fourth-order valence-corrected chi connectivity index (χ4v) is 2.93. The SMILES string of the molecule is CC(C)C1(CCS(C)(=O)=O)CCCN1. The summed E-state index contributed by atoms with van der Waals surface area (Å²) in [7, 11) is -2.82. The van der Waals surface area contributed by atoms with Crippen LogP contribution in [0.1, 0.15) is 33.1 Å². The van der Waals surface area contributed by atoms with E-state index in [9.17, 15) is 8.42 Å². The lowest BCUT2D eigenvalue weighted by molar-refractivity contribution is 0.263. The van der Waals surface area contributed by atoms with Crippen LogP contribution in [-0.2, 0) is 9.84 Å². The second-order valence-corrected chi connectivity index (χ2v) is 6.98. The highest BCUT2D eigenvalue weighted by Gasteiger charge is 2.36. The van der Waals surface area contributed by atoms with E-state index in [1.54, 1.807) is 0 Å². The minimum atomic E-state index is -2.82. The van der Waals surface area contributed by atoms with Crippen molar-refractivity contribution in [3.05, 3.63) is 0 Å². The Kier molecular flexibility index (Phi) is 3.58. The smallest absolute Gasteiger partial charge is 0.147 e. The highest BCUT2D eigenvalue weighted by atomic mass is 32.2. The van der Waals surface area contributed by atoms with E-state index in [4.69, 9.17) is 0 Å². The van der Waals surface area contributed by atoms with E-state index in [-0.39, 0.29) is 5.54 Å². The fraction of sp³-hybridized carbons (Fsp3) is 1.00. The lowest BCUT2D eigenvalue weighted by Gasteiger charge is -2.33. The molecule has 0 aromatic rings. The molecule has 0 radical (unpaired) electrons. The maximum absolute atomic E-state index is 11.1. The summed E-state index contributed by atoms with van der Waals surface area (Å²) in [6.07, 6.45) is 4.35. The van der Waals surface area contributed by atoms with Gasteiger partial charge in [-0.05, 0) is 31.7 Å². The zero-order valence-corrected chi connectivity index (χ0v) is 10.2. The van der Waals surface area contributed by atoms with Gasteiger partial charge in [0.15, 0.2) is 0 Å². The average molecular weight is 219 g/mol. The Balaban J connectivity index is 2.61. The van der Waals surface area contributed by atoms with Crippen LogP contribution >= 0.6 is 0 Å². The van der Waals surface area contributed by atoms with E-state index in [0.29, 0.717) is 11.7 Å². The minimum Gasteiger partial charge on any atom is -0.311 e. The van der Waals surface area contributed by atoms with Crippen LogP contribution in [-0.4, -0.2) is 32.5 Å². The molecular formula is C10H21NO2S. The molecule has 1 atom stereocenters. The van der Waals surface area contributed by atoms with Crippen molar-refractivity contribution in [1.29, 1.82) is 0 Å². The van der Waals surface area contributed by atoms with E-state index in [1.165, 1.54) is 12.7 Å². The summed E-state index contributed by atoms with van der Waals surface area (Å²) in [5.41, 5.74) is 0.0725. The highest BCUT2D eigenvalue weighted by molar-refractivity contribution is 7.90. The summed E-state index contributed by atoms with van der Waals surface area (Å²) in [6.45, 7) is 5.36. The molecule has 1 heterocycles. The molecule has 1 aliphatic heterocycles. The van der Waals surface area contributed by atoms with Crippen LogP contribution in [0.3, 0.4) is 0 Å². The van der Waals surface area contributed by atoms with Crippen molar-refractivity contribution in [1.82, 2.24) is 5.32 Å². The Bertz CT molecular complexity index is 276. The van der Waals surface area contributed by atoms with Gasteiger partial charge in [-0.2, -0.15) is 0 Å². The van der Waals surface area contributed by atoms with Gasteiger partial charge in [-0.25, -0.2) is 8.42 Å². The number of sulfone groups is 1. The maximum atomic E-state index is 11.1. The molecule has 0 aromatic carbocycles. The average Bonchev–Trinajstić information content (AvgIpc) is 2.48. The summed E-state index contributed by atoms with van der Waals surface area (Å²) in [6, 6.07) is 0. The molecule has 84 valence electrons. The third kappa shape index (κ3) is 2.95. The number of hydrogen-bond acceptors (Lipinski definition) is 3. The molecule has 0 spiro atoms. The van der Waals surface area contributed by atoms with Crippen LogP contribution in [0.4, 0.5) is 0 Å². The monoisotopic (exact) mass is 219 g/mol. The van der Waals surface area contributed by atoms with Gasteiger partial charge < -0.3 is 5.32 Å². The molecule has 1 N–H and O–H groups in total. The topological polar surface area (TPSA) is 46.2 Å². The summed E-state index contributed by atoms with van der Waals surface area (Å²) in [5.74, 6) is 0.810. The molecule has 0 amide bonds. The molecule has 0 saturated carbocycles. The molecule has 0 bridgehead atoms. The third-order valence-electron chi connectivity index (χ3n) is 3.30. The van der Waals surface area contributed by atoms with Gasteiger partial charge in [-0.15, -0.1) is 0 Å². The normalized spacial score (nSPS) is 28.6. The second kappa shape index (κ2) is 4.19. The first-order valence-corrected chi connectivity index (χ1v) is 7.34. The first kappa shape index (κ1) is 12.0. The van der Waals surface area contributed by atoms with E-state index in [1.807, 2.05) is 0 Å². The molecule has 1 aliphatic rings. The van der Waals surface area contributed by atoms with Crippen molar-refractivity contribution in [2.45, 2.75) is 38.6 Å². The van der Waals surface area contributed by atoms with Crippen LogP contribution in [0.2, 0.25) is 0 Å². The van der Waals surface area contributed by atoms with Gasteiger partial charge in [-0.1, -0.05) is 13.8 Å². The number of nitrogens with one attached hydrogen (secondary N) is 1. The molecular weight excluding hydrogens is 198 g/mol. The van der Waals surface area contributed by atoms with Gasteiger partial charge >= 0.3 is 0 Å². The first-order chi connectivity index (χ1) is 6.36. The zero-order chi connectivity index (χ0) is 10.8. The quantitative estimate of drug-likeness (QED) is 0.773. The molecule has 1 saturated heterocycles. The molecule has 0 aromatic heterocycles. The summed E-state index contributed by atoms with van der Waals surface area (Å²) >= 11 is 0. The van der Waals surface area contributed by atoms with Gasteiger partial charge in [0, 0.05) is 11.8 Å². The predicted molar refractivity (Wildman–Crippen MR) is 59.1 cm³/mol. The first-order valence-electron chi connectivity index (χ1n) is 5.28. The summed E-state index contributed by atoms with van der Waals surface area (Å²) in [5, 5.41) is 3.48. The van der Waals surface area contributed by atoms with Crippen molar-refractivity contribution in [3.8, 4) is 0 Å².